The summed E-state index contributed by atoms with van der Waals surface area (Å²) >= 11 is 0. The van der Waals surface area contributed by atoms with Crippen molar-refractivity contribution in [1.82, 2.24) is 0 Å². The summed E-state index contributed by atoms with van der Waals surface area (Å²) in [4.78, 5) is 73.2. The molecule has 0 aromatic rings. The van der Waals surface area contributed by atoms with Crippen LogP contribution in [0.15, 0.2) is 0 Å². The molecule has 6 atom stereocenters. The highest BCUT2D eigenvalue weighted by atomic mass is 31.2. The molecule has 0 spiro atoms. The van der Waals surface area contributed by atoms with E-state index in [0.29, 0.717) is 25.7 Å². The molecule has 0 amide bonds. The van der Waals surface area contributed by atoms with Gasteiger partial charge in [-0.05, 0) is 37.5 Å². The number of carbonyl (C=O) groups excluding carboxylic acids is 4. The average molecular weight is 1510 g/mol. The Morgan fingerprint density at radius 2 is 0.495 bits per heavy atom. The molecular weight excluding hydrogens is 1340 g/mol. The maximum atomic E-state index is 13.1. The minimum atomic E-state index is -4.96. The molecule has 19 heteroatoms. The summed E-state index contributed by atoms with van der Waals surface area (Å²) < 4.78 is 68.9. The molecular formula is C84H164O17P2. The number of ether oxygens (including phenoxy) is 4. The number of aliphatic hydroxyl groups excluding tert-OH is 1. The van der Waals surface area contributed by atoms with Gasteiger partial charge in [-0.15, -0.1) is 0 Å². The van der Waals surface area contributed by atoms with Gasteiger partial charge in [0.05, 0.1) is 26.4 Å². The summed E-state index contributed by atoms with van der Waals surface area (Å²) in [7, 11) is -9.93. The van der Waals surface area contributed by atoms with Crippen molar-refractivity contribution < 1.29 is 80.2 Å². The quantitative estimate of drug-likeness (QED) is 0.0222. The van der Waals surface area contributed by atoms with E-state index in [9.17, 15) is 43.2 Å². The van der Waals surface area contributed by atoms with Crippen LogP contribution in [0.25, 0.3) is 0 Å². The normalized spacial score (nSPS) is 14.1. The molecule has 103 heavy (non-hydrogen) atoms. The second-order valence-corrected chi connectivity index (χ2v) is 33.8. The minimum absolute atomic E-state index is 0.108. The zero-order valence-corrected chi connectivity index (χ0v) is 69.4. The lowest BCUT2D eigenvalue weighted by Gasteiger charge is -2.21. The number of aliphatic hydroxyl groups is 1. The van der Waals surface area contributed by atoms with Crippen LogP contribution in [0.2, 0.25) is 0 Å². The van der Waals surface area contributed by atoms with E-state index in [-0.39, 0.29) is 25.7 Å². The van der Waals surface area contributed by atoms with Gasteiger partial charge in [0.1, 0.15) is 19.3 Å². The van der Waals surface area contributed by atoms with E-state index >= 15 is 0 Å². The van der Waals surface area contributed by atoms with Gasteiger partial charge in [0.25, 0.3) is 0 Å². The van der Waals surface area contributed by atoms with E-state index in [1.807, 2.05) is 0 Å². The Hall–Kier alpha value is -1.94. The van der Waals surface area contributed by atoms with Gasteiger partial charge < -0.3 is 33.8 Å². The van der Waals surface area contributed by atoms with Crippen LogP contribution in [0.5, 0.6) is 0 Å². The van der Waals surface area contributed by atoms with Crippen molar-refractivity contribution in [3.05, 3.63) is 0 Å². The molecule has 612 valence electrons. The van der Waals surface area contributed by atoms with Crippen LogP contribution in [0.3, 0.4) is 0 Å². The van der Waals surface area contributed by atoms with Gasteiger partial charge in [0.2, 0.25) is 0 Å². The lowest BCUT2D eigenvalue weighted by Crippen LogP contribution is -2.30. The van der Waals surface area contributed by atoms with Crippen LogP contribution in [0, 0.1) is 11.8 Å². The van der Waals surface area contributed by atoms with Crippen LogP contribution in [-0.4, -0.2) is 96.7 Å². The Kier molecular flexibility index (Phi) is 74.1. The largest absolute Gasteiger partial charge is 0.472 e. The molecule has 0 radical (unpaired) electrons. The van der Waals surface area contributed by atoms with Gasteiger partial charge in [-0.25, -0.2) is 9.13 Å². The molecule has 0 aromatic heterocycles. The van der Waals surface area contributed by atoms with Gasteiger partial charge in [-0.3, -0.25) is 37.3 Å². The van der Waals surface area contributed by atoms with Crippen molar-refractivity contribution in [2.45, 2.75) is 464 Å². The van der Waals surface area contributed by atoms with E-state index in [0.717, 1.165) is 102 Å². The molecule has 0 aliphatic rings. The Labute approximate surface area is 632 Å². The first-order valence-corrected chi connectivity index (χ1v) is 46.5. The zero-order valence-electron chi connectivity index (χ0n) is 67.6. The summed E-state index contributed by atoms with van der Waals surface area (Å²) in [5.41, 5.74) is 0. The molecule has 3 unspecified atom stereocenters. The first-order chi connectivity index (χ1) is 49.9. The first-order valence-electron chi connectivity index (χ1n) is 43.5. The first kappa shape index (κ1) is 101. The van der Waals surface area contributed by atoms with Gasteiger partial charge >= 0.3 is 39.5 Å². The fourth-order valence-corrected chi connectivity index (χ4v) is 14.6. The van der Waals surface area contributed by atoms with Crippen molar-refractivity contribution in [2.24, 2.45) is 11.8 Å². The van der Waals surface area contributed by atoms with Crippen LogP contribution in [0.4, 0.5) is 0 Å². The molecule has 0 rings (SSSR count). The highest BCUT2D eigenvalue weighted by Gasteiger charge is 2.30. The number of esters is 4. The van der Waals surface area contributed by atoms with E-state index in [4.69, 9.17) is 37.0 Å². The van der Waals surface area contributed by atoms with Crippen molar-refractivity contribution in [3.8, 4) is 0 Å². The Morgan fingerprint density at radius 1 is 0.282 bits per heavy atom. The standard InChI is InChI=1S/C84H164O17P2/c1-7-10-12-14-16-18-20-22-24-26-27-28-30-34-39-43-51-57-63-69-83(88)100-79(72-94-81(86)66-60-54-48-41-37-35-31-32-36-40-46-52-58-64-76(4)5)74-98-102(90,91)96-70-78(85)71-97-103(92,93)99-75-80(73-95-82(87)67-61-55-49-45-44-47-53-59-65-77(6)9-3)101-84(89)68-62-56-50-42-38-33-29-25-23-21-19-17-15-13-11-8-2/h76-80,85H,7-75H2,1-6H3,(H,90,91)(H,92,93)/t77?,78-,79-,80-/m1/s1. The molecule has 0 fully saturated rings. The fraction of sp³-hybridized carbons (Fsp3) is 0.952. The maximum Gasteiger partial charge on any atom is 0.472 e. The van der Waals surface area contributed by atoms with Crippen LogP contribution in [0.1, 0.15) is 446 Å². The third-order valence-corrected chi connectivity index (χ3v) is 22.0. The summed E-state index contributed by atoms with van der Waals surface area (Å²) in [5, 5.41) is 10.7. The molecule has 0 heterocycles. The van der Waals surface area contributed by atoms with Crippen LogP contribution >= 0.6 is 15.6 Å². The van der Waals surface area contributed by atoms with E-state index in [2.05, 4.69) is 41.5 Å². The molecule has 17 nitrogen and oxygen atoms in total. The molecule has 0 aliphatic heterocycles. The van der Waals surface area contributed by atoms with Gasteiger partial charge in [-0.2, -0.15) is 0 Å². The predicted molar refractivity (Wildman–Crippen MR) is 423 cm³/mol. The third-order valence-electron chi connectivity index (χ3n) is 20.1. The molecule has 0 saturated heterocycles. The van der Waals surface area contributed by atoms with Crippen LogP contribution in [-0.2, 0) is 65.4 Å². The molecule has 0 bridgehead atoms. The number of hydrogen-bond donors (Lipinski definition) is 3. The fourth-order valence-electron chi connectivity index (χ4n) is 13.0. The summed E-state index contributed by atoms with van der Waals surface area (Å²) in [6, 6.07) is 0. The predicted octanol–water partition coefficient (Wildman–Crippen LogP) is 25.5. The number of phosphoric acid groups is 2. The second kappa shape index (κ2) is 75.5. The topological polar surface area (TPSA) is 237 Å². The highest BCUT2D eigenvalue weighted by Crippen LogP contribution is 2.45. The summed E-state index contributed by atoms with van der Waals surface area (Å²) in [5.74, 6) is -0.534. The monoisotopic (exact) mass is 1510 g/mol. The molecule has 0 aromatic carbocycles. The van der Waals surface area contributed by atoms with Crippen molar-refractivity contribution in [3.63, 3.8) is 0 Å². The lowest BCUT2D eigenvalue weighted by atomic mass is 9.99. The Balaban J connectivity index is 5.26. The van der Waals surface area contributed by atoms with Gasteiger partial charge in [0, 0.05) is 25.7 Å². The van der Waals surface area contributed by atoms with Gasteiger partial charge in [-0.1, -0.05) is 395 Å². The average Bonchev–Trinajstić information content (AvgIpc) is 0.908. The molecule has 0 saturated carbocycles. The van der Waals surface area contributed by atoms with Gasteiger partial charge in [0.15, 0.2) is 12.2 Å². The Morgan fingerprint density at radius 3 is 0.738 bits per heavy atom. The van der Waals surface area contributed by atoms with E-state index < -0.39 is 97.5 Å². The molecule has 3 N–H and O–H groups in total. The number of carbonyl (C=O) groups is 4. The van der Waals surface area contributed by atoms with E-state index in [1.165, 1.54) is 263 Å². The van der Waals surface area contributed by atoms with Crippen molar-refractivity contribution in [2.75, 3.05) is 39.6 Å². The van der Waals surface area contributed by atoms with Crippen molar-refractivity contribution in [1.29, 1.82) is 0 Å². The summed E-state index contributed by atoms with van der Waals surface area (Å²) in [6.07, 6.45) is 66.5. The zero-order chi connectivity index (χ0) is 75.6. The number of phosphoric ester groups is 2. The maximum absolute atomic E-state index is 13.1. The number of hydrogen-bond acceptors (Lipinski definition) is 15. The summed E-state index contributed by atoms with van der Waals surface area (Å²) in [6.45, 7) is 9.69. The van der Waals surface area contributed by atoms with Crippen LogP contribution < -0.4 is 0 Å². The lowest BCUT2D eigenvalue weighted by molar-refractivity contribution is -0.161. The smallest absolute Gasteiger partial charge is 0.462 e. The SMILES string of the molecule is CCCCCCCCCCCCCCCCCCCCCC(=O)O[C@H](COC(=O)CCCCCCCCCCCCCCCC(C)C)COP(=O)(O)OC[C@@H](O)COP(=O)(O)OC[C@@H](COC(=O)CCCCCCCCCCC(C)CC)OC(=O)CCCCCCCCCCCCCCCCCC. The number of unbranched alkanes of at least 4 members (excludes halogenated alkanes) is 52. The van der Waals surface area contributed by atoms with Crippen molar-refractivity contribution >= 4 is 39.5 Å². The Bertz CT molecular complexity index is 1980. The highest BCUT2D eigenvalue weighted by molar-refractivity contribution is 7.47. The molecule has 0 aliphatic carbocycles. The second-order valence-electron chi connectivity index (χ2n) is 30.9. The third kappa shape index (κ3) is 76.6. The number of rotatable bonds is 83. The van der Waals surface area contributed by atoms with E-state index in [1.54, 1.807) is 0 Å². The minimum Gasteiger partial charge on any atom is -0.462 e.